The summed E-state index contributed by atoms with van der Waals surface area (Å²) in [4.78, 5) is 0. The van der Waals surface area contributed by atoms with Gasteiger partial charge in [0, 0.05) is 0 Å². The summed E-state index contributed by atoms with van der Waals surface area (Å²) in [6, 6.07) is 0. The molecule has 1 heteroatoms. The number of hydrogen-bond acceptors (Lipinski definition) is 1. The molecule has 0 aromatic rings. The van der Waals surface area contributed by atoms with Gasteiger partial charge in [-0.15, -0.1) is 0 Å². The topological polar surface area (TPSA) is 26.0 Å². The summed E-state index contributed by atoms with van der Waals surface area (Å²) >= 11 is 0. The van der Waals surface area contributed by atoms with Gasteiger partial charge in [-0.25, -0.2) is 0 Å². The second kappa shape index (κ2) is 13.5. The fourth-order valence-electron chi connectivity index (χ4n) is 1.31. The van der Waals surface area contributed by atoms with E-state index in [1.807, 2.05) is 20.8 Å². The van der Waals surface area contributed by atoms with Gasteiger partial charge in [0.1, 0.15) is 0 Å². The minimum absolute atomic E-state index is 0.750. The average molecular weight is 173 g/mol. The number of nitrogens with two attached hydrogens (primary N) is 1. The maximum atomic E-state index is 4.85. The normalized spacial score (nSPS) is 16.8. The second-order valence-corrected chi connectivity index (χ2v) is 3.15. The highest BCUT2D eigenvalue weighted by molar-refractivity contribution is 4.59. The van der Waals surface area contributed by atoms with Crippen LogP contribution in [0.15, 0.2) is 0 Å². The van der Waals surface area contributed by atoms with Crippen molar-refractivity contribution in [2.45, 2.75) is 59.8 Å². The minimum Gasteiger partial charge on any atom is -0.331 e. The lowest BCUT2D eigenvalue weighted by atomic mass is 9.91. The van der Waals surface area contributed by atoms with Crippen molar-refractivity contribution in [2.24, 2.45) is 11.7 Å². The van der Waals surface area contributed by atoms with Crippen LogP contribution in [0.1, 0.15) is 59.8 Å². The van der Waals surface area contributed by atoms with Crippen LogP contribution in [0.25, 0.3) is 0 Å². The Morgan fingerprint density at radius 1 is 1.08 bits per heavy atom. The Hall–Kier alpha value is -0.0400. The fraction of sp³-hybridized carbons (Fsp3) is 1.00. The van der Waals surface area contributed by atoms with E-state index in [1.54, 1.807) is 0 Å². The molecule has 1 aliphatic carbocycles. The molecular weight excluding hydrogens is 146 g/mol. The molecule has 0 spiro atoms. The Kier molecular flexibility index (Phi) is 16.3. The molecule has 0 aliphatic heterocycles. The van der Waals surface area contributed by atoms with Gasteiger partial charge in [-0.2, -0.15) is 0 Å². The van der Waals surface area contributed by atoms with Gasteiger partial charge in [0.15, 0.2) is 0 Å². The lowest BCUT2D eigenvalue weighted by molar-refractivity contribution is 0.385. The summed E-state index contributed by atoms with van der Waals surface area (Å²) in [5, 5.41) is 0. The zero-order valence-electron chi connectivity index (χ0n) is 9.40. The molecule has 0 unspecified atom stereocenters. The molecule has 1 fully saturated rings. The Labute approximate surface area is 78.7 Å². The predicted octanol–water partition coefficient (Wildman–Crippen LogP) is 3.58. The molecule has 0 radical (unpaired) electrons. The fourth-order valence-corrected chi connectivity index (χ4v) is 1.31. The van der Waals surface area contributed by atoms with Gasteiger partial charge in [0.2, 0.25) is 0 Å². The van der Waals surface area contributed by atoms with Crippen molar-refractivity contribution < 1.29 is 0 Å². The Bertz CT molecular complexity index is 56.0. The Morgan fingerprint density at radius 2 is 1.42 bits per heavy atom. The third-order valence-corrected chi connectivity index (χ3v) is 1.89. The van der Waals surface area contributed by atoms with Crippen LogP contribution in [0.2, 0.25) is 0 Å². The molecule has 76 valence electrons. The smallest absolute Gasteiger partial charge is 0.0106 e. The van der Waals surface area contributed by atoms with Crippen LogP contribution in [-0.2, 0) is 0 Å². The maximum Gasteiger partial charge on any atom is -0.0106 e. The molecule has 0 heterocycles. The van der Waals surface area contributed by atoms with E-state index in [0.717, 1.165) is 12.5 Å². The standard InChI is InChI=1S/C7H14.C2H7N.C2H6/c1-7-5-3-2-4-6-7;1-2-3;1-2/h7H,2-6H2,1H3;2-3H2,1H3;1-2H3. The lowest BCUT2D eigenvalue weighted by Gasteiger charge is -2.15. The van der Waals surface area contributed by atoms with E-state index in [2.05, 4.69) is 6.92 Å². The number of rotatable bonds is 0. The molecule has 0 atom stereocenters. The van der Waals surface area contributed by atoms with Crippen LogP contribution in [-0.4, -0.2) is 6.54 Å². The molecule has 1 rings (SSSR count). The van der Waals surface area contributed by atoms with E-state index in [9.17, 15) is 0 Å². The van der Waals surface area contributed by atoms with Crippen molar-refractivity contribution in [3.63, 3.8) is 0 Å². The molecule has 0 aromatic heterocycles. The van der Waals surface area contributed by atoms with Crippen LogP contribution < -0.4 is 5.73 Å². The van der Waals surface area contributed by atoms with Crippen molar-refractivity contribution in [2.75, 3.05) is 6.54 Å². The molecule has 1 saturated carbocycles. The maximum absolute atomic E-state index is 4.85. The van der Waals surface area contributed by atoms with Crippen LogP contribution in [0.5, 0.6) is 0 Å². The highest BCUT2D eigenvalue weighted by Crippen LogP contribution is 2.21. The zero-order chi connectivity index (χ0) is 9.82. The summed E-state index contributed by atoms with van der Waals surface area (Å²) in [5.41, 5.74) is 4.85. The van der Waals surface area contributed by atoms with Gasteiger partial charge in [0.25, 0.3) is 0 Å². The minimum atomic E-state index is 0.750. The van der Waals surface area contributed by atoms with Crippen molar-refractivity contribution >= 4 is 0 Å². The molecule has 0 amide bonds. The van der Waals surface area contributed by atoms with Gasteiger partial charge in [-0.05, 0) is 12.5 Å². The predicted molar refractivity (Wildman–Crippen MR) is 58.3 cm³/mol. The molecule has 1 aliphatic rings. The van der Waals surface area contributed by atoms with Gasteiger partial charge >= 0.3 is 0 Å². The third-order valence-electron chi connectivity index (χ3n) is 1.89. The monoisotopic (exact) mass is 173 g/mol. The quantitative estimate of drug-likeness (QED) is 0.595. The molecule has 0 bridgehead atoms. The first-order chi connectivity index (χ1) is 5.81. The summed E-state index contributed by atoms with van der Waals surface area (Å²) < 4.78 is 0. The lowest BCUT2D eigenvalue weighted by Crippen LogP contribution is -1.99. The molecule has 2 N–H and O–H groups in total. The van der Waals surface area contributed by atoms with E-state index < -0.39 is 0 Å². The highest BCUT2D eigenvalue weighted by Gasteiger charge is 2.05. The van der Waals surface area contributed by atoms with Gasteiger partial charge in [0.05, 0.1) is 0 Å². The van der Waals surface area contributed by atoms with Crippen molar-refractivity contribution in [3.05, 3.63) is 0 Å². The molecular formula is C11H27N. The summed E-state index contributed by atoms with van der Waals surface area (Å²) in [6.07, 6.45) is 7.44. The first kappa shape index (κ1) is 14.5. The summed E-state index contributed by atoms with van der Waals surface area (Å²) in [6.45, 7) is 9.01. The molecule has 1 nitrogen and oxygen atoms in total. The first-order valence-electron chi connectivity index (χ1n) is 5.51. The van der Waals surface area contributed by atoms with E-state index >= 15 is 0 Å². The van der Waals surface area contributed by atoms with E-state index in [0.29, 0.717) is 0 Å². The van der Waals surface area contributed by atoms with Gasteiger partial charge < -0.3 is 5.73 Å². The van der Waals surface area contributed by atoms with Crippen molar-refractivity contribution in [1.82, 2.24) is 0 Å². The molecule has 0 aromatic carbocycles. The molecule has 0 saturated heterocycles. The second-order valence-electron chi connectivity index (χ2n) is 3.15. The SMILES string of the molecule is CC.CC1CCCCC1.CCN. The highest BCUT2D eigenvalue weighted by atomic mass is 14.5. The summed E-state index contributed by atoms with van der Waals surface area (Å²) in [5.74, 6) is 1.04. The van der Waals surface area contributed by atoms with E-state index in [1.165, 1.54) is 32.1 Å². The van der Waals surface area contributed by atoms with Gasteiger partial charge in [-0.1, -0.05) is 59.8 Å². The largest absolute Gasteiger partial charge is 0.331 e. The van der Waals surface area contributed by atoms with Crippen LogP contribution in [0, 0.1) is 5.92 Å². The van der Waals surface area contributed by atoms with Crippen LogP contribution >= 0.6 is 0 Å². The Balaban J connectivity index is 0. The number of hydrogen-bond donors (Lipinski definition) is 1. The van der Waals surface area contributed by atoms with E-state index in [4.69, 9.17) is 5.73 Å². The van der Waals surface area contributed by atoms with Crippen LogP contribution in [0.4, 0.5) is 0 Å². The van der Waals surface area contributed by atoms with Crippen LogP contribution in [0.3, 0.4) is 0 Å². The zero-order valence-corrected chi connectivity index (χ0v) is 9.40. The van der Waals surface area contributed by atoms with Gasteiger partial charge in [-0.3, -0.25) is 0 Å². The molecule has 12 heavy (non-hydrogen) atoms. The average Bonchev–Trinajstić information content (AvgIpc) is 2.11. The van der Waals surface area contributed by atoms with Crippen molar-refractivity contribution in [3.8, 4) is 0 Å². The third kappa shape index (κ3) is 12.6. The first-order valence-corrected chi connectivity index (χ1v) is 5.51. The van der Waals surface area contributed by atoms with Crippen molar-refractivity contribution in [1.29, 1.82) is 0 Å². The van der Waals surface area contributed by atoms with E-state index in [-0.39, 0.29) is 0 Å². The Morgan fingerprint density at radius 3 is 1.58 bits per heavy atom. The summed E-state index contributed by atoms with van der Waals surface area (Å²) in [7, 11) is 0.